The minimum absolute atomic E-state index is 0.872. The average Bonchev–Trinajstić information content (AvgIpc) is 0.782. The van der Waals surface area contributed by atoms with Crippen molar-refractivity contribution in [3.05, 3.63) is 0 Å². The fraction of sp³-hybridized carbons (Fsp3) is 0.950. The van der Waals surface area contributed by atoms with Crippen molar-refractivity contribution < 1.29 is 228 Å². The summed E-state index contributed by atoms with van der Waals surface area (Å²) in [6.45, 7) is -6.47. The highest BCUT2D eigenvalue weighted by molar-refractivity contribution is 5.74. The van der Waals surface area contributed by atoms with Crippen molar-refractivity contribution in [1.29, 1.82) is 0 Å². The van der Waals surface area contributed by atoms with Gasteiger partial charge in [-0.15, -0.1) is 0 Å². The van der Waals surface area contributed by atoms with Gasteiger partial charge in [0.2, 0.25) is 17.7 Å². The zero-order chi connectivity index (χ0) is 80.2. The number of carbonyl (C=O) groups excluding carboxylic acids is 3. The molecule has 9 fully saturated rings. The van der Waals surface area contributed by atoms with Gasteiger partial charge in [0.1, 0.15) is 220 Å². The van der Waals surface area contributed by atoms with E-state index in [-0.39, 0.29) is 0 Å². The maximum Gasteiger partial charge on any atom is 0.217 e. The molecule has 0 bridgehead atoms. The SMILES string of the molecule is CC(=O)N[C@H]1[C@@H](O[C@H]2C(O)[C@H](O)[C@@H](CO)O[C@@H]2O[C@H]2[C@@H](O)[C@@H](O)O[C@H](CO[C@@H]3O[C@@H](CO[C@H]4O[C@@H](CO)[C@H](O[C@H]5O[C@@H](CO)[C@@H](O)[C@H](O)[C@H]5O)[C@H](O)[C@H]4NC(C)=O)[C@H](O)[C@H](O)[C@@H]3O[C@H]3O[C@@H](CO)[C@H](O[C@H]4O[C@@H](CO)[C@@H](O)[C@H](O)[C@H]4O)[C@H](O)[C@H]3NC(C)=O)[C@H]2O)O[C@@H](CO)[C@H](O[C@H]2O[C@@H](CO)[C@@H](O)[C@H](O)C2O)[C@@H]1O. The minimum Gasteiger partial charge on any atom is -0.394 e. The molecule has 9 aliphatic rings. The molecule has 9 rings (SSSR count). The summed E-state index contributed by atoms with van der Waals surface area (Å²) in [6, 6.07) is -5.57. The number of ether oxygens (including phenoxy) is 17. The van der Waals surface area contributed by atoms with Crippen LogP contribution < -0.4 is 16.0 Å². The summed E-state index contributed by atoms with van der Waals surface area (Å²) in [7, 11) is 0. The molecule has 0 aromatic rings. The van der Waals surface area contributed by atoms with E-state index in [9.17, 15) is 147 Å². The fourth-order valence-electron chi connectivity index (χ4n) is 13.9. The molecule has 109 heavy (non-hydrogen) atoms. The van der Waals surface area contributed by atoms with Gasteiger partial charge in [-0.3, -0.25) is 14.4 Å². The molecule has 29 N–H and O–H groups in total. The van der Waals surface area contributed by atoms with Gasteiger partial charge in [0.05, 0.1) is 59.5 Å². The van der Waals surface area contributed by atoms with Crippen LogP contribution in [0.5, 0.6) is 0 Å². The molecule has 45 atom stereocenters. The first-order valence-electron chi connectivity index (χ1n) is 34.6. The number of aliphatic hydroxyl groups is 26. The number of carbonyl (C=O) groups is 3. The van der Waals surface area contributed by atoms with E-state index >= 15 is 0 Å². The molecule has 9 saturated heterocycles. The van der Waals surface area contributed by atoms with Crippen LogP contribution in [0.25, 0.3) is 0 Å². The van der Waals surface area contributed by atoms with Crippen molar-refractivity contribution >= 4 is 17.7 Å². The Morgan fingerprint density at radius 3 is 0.844 bits per heavy atom. The first-order valence-corrected chi connectivity index (χ1v) is 34.6. The summed E-state index contributed by atoms with van der Waals surface area (Å²) in [5.74, 6) is -2.74. The van der Waals surface area contributed by atoms with Gasteiger partial charge in [0, 0.05) is 20.8 Å². The molecule has 49 heteroatoms. The maximum atomic E-state index is 12.9. The lowest BCUT2D eigenvalue weighted by Crippen LogP contribution is -2.70. The van der Waals surface area contributed by atoms with Gasteiger partial charge >= 0.3 is 0 Å². The Hall–Kier alpha value is -3.31. The van der Waals surface area contributed by atoms with Crippen LogP contribution in [0.4, 0.5) is 0 Å². The molecular weight excluding hydrogens is 1500 g/mol. The van der Waals surface area contributed by atoms with Crippen LogP contribution in [0.15, 0.2) is 0 Å². The zero-order valence-electron chi connectivity index (χ0n) is 58.1. The van der Waals surface area contributed by atoms with Crippen molar-refractivity contribution in [2.75, 3.05) is 59.5 Å². The Kier molecular flexibility index (Phi) is 32.1. The zero-order valence-corrected chi connectivity index (χ0v) is 58.1. The monoisotopic (exact) mass is 1600 g/mol. The number of aliphatic hydroxyl groups excluding tert-OH is 26. The molecule has 632 valence electrons. The van der Waals surface area contributed by atoms with E-state index in [1.54, 1.807) is 0 Å². The lowest BCUT2D eigenvalue weighted by Gasteiger charge is -2.50. The maximum absolute atomic E-state index is 12.9. The predicted molar refractivity (Wildman–Crippen MR) is 332 cm³/mol. The number of hydrogen-bond acceptors (Lipinski definition) is 46. The molecule has 0 aliphatic carbocycles. The van der Waals surface area contributed by atoms with E-state index < -0.39 is 353 Å². The number of hydrogen-bond donors (Lipinski definition) is 29. The predicted octanol–water partition coefficient (Wildman–Crippen LogP) is -20.2. The van der Waals surface area contributed by atoms with E-state index in [2.05, 4.69) is 16.0 Å². The van der Waals surface area contributed by atoms with Crippen LogP contribution in [-0.2, 0) is 94.9 Å². The highest BCUT2D eigenvalue weighted by atomic mass is 16.8. The lowest BCUT2D eigenvalue weighted by molar-refractivity contribution is -0.391. The Labute approximate surface area is 616 Å². The highest BCUT2D eigenvalue weighted by Gasteiger charge is 2.60. The summed E-state index contributed by atoms with van der Waals surface area (Å²) in [5, 5.41) is 291. The third-order valence-electron chi connectivity index (χ3n) is 19.9. The van der Waals surface area contributed by atoms with Crippen molar-refractivity contribution in [1.82, 2.24) is 16.0 Å². The molecule has 0 aromatic carbocycles. The van der Waals surface area contributed by atoms with E-state index in [1.807, 2.05) is 0 Å². The molecule has 2 unspecified atom stereocenters. The van der Waals surface area contributed by atoms with Crippen LogP contribution in [0, 0.1) is 0 Å². The van der Waals surface area contributed by atoms with Gasteiger partial charge in [0.25, 0.3) is 0 Å². The summed E-state index contributed by atoms with van der Waals surface area (Å²) >= 11 is 0. The van der Waals surface area contributed by atoms with E-state index in [1.165, 1.54) is 0 Å². The molecule has 0 aromatic heterocycles. The van der Waals surface area contributed by atoms with Crippen molar-refractivity contribution in [2.24, 2.45) is 0 Å². The summed E-state index contributed by atoms with van der Waals surface area (Å²) in [6.07, 6.45) is -85.3. The number of rotatable bonds is 28. The van der Waals surface area contributed by atoms with Gasteiger partial charge in [-0.1, -0.05) is 0 Å². The fourth-order valence-corrected chi connectivity index (χ4v) is 13.9. The molecule has 9 aliphatic heterocycles. The lowest BCUT2D eigenvalue weighted by atomic mass is 9.94. The largest absolute Gasteiger partial charge is 0.394 e. The second-order valence-corrected chi connectivity index (χ2v) is 27.5. The van der Waals surface area contributed by atoms with Gasteiger partial charge in [-0.05, 0) is 0 Å². The third-order valence-corrected chi connectivity index (χ3v) is 19.9. The first kappa shape index (κ1) is 89.6. The van der Waals surface area contributed by atoms with Gasteiger partial charge in [0.15, 0.2) is 56.6 Å². The summed E-state index contributed by atoms with van der Waals surface area (Å²) in [5.41, 5.74) is 0. The molecule has 0 radical (unpaired) electrons. The van der Waals surface area contributed by atoms with Crippen molar-refractivity contribution in [2.45, 2.75) is 297 Å². The standard InChI is InChI=1S/C60H101N3O46/c1-13(71)61-25-34(80)46(104-56-42(88)37(83)28(74)16(4-64)96-56)20(8-68)100-53(25)93-11-23-32(78)41(87)50(108-54-26(62-14(2)72)35(81)47(21(9-69)101-54)105-57-43(89)38(84)29(75)17(5-65)97-57)59(103-23)94-12-24-33(79)49(45(91)52(92)95-24)107-60-51(40(86)31(77)19(7-67)99-60)109-55-27(63-15(3)73)36(82)48(22(10-70)102-55)106-58-44(90)39(85)30(76)18(6-66)98-58/h16-60,64-70,74-92H,4-12H2,1-3H3,(H,61,71)(H,62,72)(H,63,73)/t16-,17-,18-,19+,20-,21-,22-,23-,24+,25+,26+,27+,28+,29+,30+,31+,32-,33+,34+,35+,36+,37-,38-,39-,40?,41-,42+,43+,44?,45+,46-,47-,48-,49+,50-,51-,52-,53-,54+,55+,56+,57+,58+,59+,60+/m0/s1. The van der Waals surface area contributed by atoms with Crippen LogP contribution in [-0.4, -0.2) is 486 Å². The molecular formula is C60H101N3O46. The smallest absolute Gasteiger partial charge is 0.217 e. The second kappa shape index (κ2) is 39.1. The van der Waals surface area contributed by atoms with Crippen LogP contribution >= 0.6 is 0 Å². The molecule has 3 amide bonds. The van der Waals surface area contributed by atoms with Gasteiger partial charge in [-0.2, -0.15) is 0 Å². The Morgan fingerprint density at radius 1 is 0.239 bits per heavy atom. The Bertz CT molecular complexity index is 2840. The van der Waals surface area contributed by atoms with E-state index in [0.717, 1.165) is 20.8 Å². The minimum atomic E-state index is -2.45. The molecule has 0 saturated carbocycles. The van der Waals surface area contributed by atoms with Gasteiger partial charge in [-0.25, -0.2) is 0 Å². The summed E-state index contributed by atoms with van der Waals surface area (Å²) in [4.78, 5) is 38.4. The van der Waals surface area contributed by atoms with E-state index in [0.29, 0.717) is 0 Å². The quantitative estimate of drug-likeness (QED) is 0.0346. The first-order chi connectivity index (χ1) is 51.6. The van der Waals surface area contributed by atoms with Crippen molar-refractivity contribution in [3.63, 3.8) is 0 Å². The highest BCUT2D eigenvalue weighted by Crippen LogP contribution is 2.39. The van der Waals surface area contributed by atoms with Crippen LogP contribution in [0.3, 0.4) is 0 Å². The number of amides is 3. The second-order valence-electron chi connectivity index (χ2n) is 27.5. The molecule has 9 heterocycles. The average molecular weight is 1600 g/mol. The van der Waals surface area contributed by atoms with Crippen LogP contribution in [0.2, 0.25) is 0 Å². The van der Waals surface area contributed by atoms with Crippen LogP contribution in [0.1, 0.15) is 20.8 Å². The normalized spacial score (nSPS) is 50.0. The Balaban J connectivity index is 0.983. The summed E-state index contributed by atoms with van der Waals surface area (Å²) < 4.78 is 99.1. The number of nitrogens with one attached hydrogen (secondary N) is 3. The van der Waals surface area contributed by atoms with E-state index in [4.69, 9.17) is 80.5 Å². The van der Waals surface area contributed by atoms with Crippen molar-refractivity contribution in [3.8, 4) is 0 Å². The third kappa shape index (κ3) is 19.7. The molecule has 49 nitrogen and oxygen atoms in total. The topological polar surface area (TPSA) is 770 Å². The van der Waals surface area contributed by atoms with Gasteiger partial charge < -0.3 is 229 Å². The Morgan fingerprint density at radius 2 is 0.495 bits per heavy atom. The molecule has 0 spiro atoms.